The summed E-state index contributed by atoms with van der Waals surface area (Å²) < 4.78 is 0. The Bertz CT molecular complexity index is 135. The van der Waals surface area contributed by atoms with Gasteiger partial charge in [-0.05, 0) is 25.7 Å². The standard InChI is InChI=1S/C9H14O/c1-2-9(10)7-5-3-4-6-8-9/h1,10H,3-8H2. The molecule has 1 aliphatic carbocycles. The first-order valence-electron chi connectivity index (χ1n) is 3.97. The average molecular weight is 138 g/mol. The van der Waals surface area contributed by atoms with Gasteiger partial charge < -0.3 is 5.11 Å². The first-order valence-corrected chi connectivity index (χ1v) is 3.97. The quantitative estimate of drug-likeness (QED) is 0.399. The Hall–Kier alpha value is -0.480. The molecular weight excluding hydrogens is 124 g/mol. The molecule has 1 fully saturated rings. The highest BCUT2D eigenvalue weighted by Crippen LogP contribution is 2.25. The van der Waals surface area contributed by atoms with Crippen LogP contribution in [0, 0.1) is 12.3 Å². The summed E-state index contributed by atoms with van der Waals surface area (Å²) in [5.41, 5.74) is -0.767. The van der Waals surface area contributed by atoms with E-state index in [0.717, 1.165) is 25.7 Å². The molecule has 0 radical (unpaired) electrons. The Morgan fingerprint density at radius 1 is 1.10 bits per heavy atom. The molecule has 1 N–H and O–H groups in total. The molecule has 0 aromatic rings. The van der Waals surface area contributed by atoms with E-state index in [4.69, 9.17) is 6.42 Å². The van der Waals surface area contributed by atoms with Crippen molar-refractivity contribution in [3.8, 4) is 12.3 Å². The smallest absolute Gasteiger partial charge is 0.125 e. The minimum Gasteiger partial charge on any atom is -0.378 e. The second kappa shape index (κ2) is 3.07. The van der Waals surface area contributed by atoms with Crippen molar-refractivity contribution in [2.45, 2.75) is 44.1 Å². The lowest BCUT2D eigenvalue weighted by Gasteiger charge is -2.18. The fourth-order valence-electron chi connectivity index (χ4n) is 1.46. The summed E-state index contributed by atoms with van der Waals surface area (Å²) in [4.78, 5) is 0. The largest absolute Gasteiger partial charge is 0.378 e. The van der Waals surface area contributed by atoms with Crippen LogP contribution in [0.2, 0.25) is 0 Å². The maximum atomic E-state index is 9.62. The molecule has 1 saturated carbocycles. The fourth-order valence-corrected chi connectivity index (χ4v) is 1.46. The van der Waals surface area contributed by atoms with Gasteiger partial charge in [-0.1, -0.05) is 18.8 Å². The third kappa shape index (κ3) is 1.75. The number of terminal acetylenes is 1. The van der Waals surface area contributed by atoms with Gasteiger partial charge in [0.05, 0.1) is 0 Å². The first-order chi connectivity index (χ1) is 4.77. The molecule has 0 atom stereocenters. The van der Waals surface area contributed by atoms with Crippen LogP contribution >= 0.6 is 0 Å². The van der Waals surface area contributed by atoms with Crippen LogP contribution in [0.5, 0.6) is 0 Å². The zero-order valence-corrected chi connectivity index (χ0v) is 6.27. The molecular formula is C9H14O. The minimum absolute atomic E-state index is 0.767. The fraction of sp³-hybridized carbons (Fsp3) is 0.778. The average Bonchev–Trinajstić information content (AvgIpc) is 2.15. The highest BCUT2D eigenvalue weighted by Gasteiger charge is 2.24. The summed E-state index contributed by atoms with van der Waals surface area (Å²) in [5, 5.41) is 9.62. The third-order valence-electron chi connectivity index (χ3n) is 2.20. The SMILES string of the molecule is C#CC1(O)CCCCCC1. The predicted molar refractivity (Wildman–Crippen MR) is 41.5 cm³/mol. The van der Waals surface area contributed by atoms with Crippen molar-refractivity contribution in [1.82, 2.24) is 0 Å². The summed E-state index contributed by atoms with van der Waals surface area (Å²) >= 11 is 0. The Morgan fingerprint density at radius 3 is 2.00 bits per heavy atom. The minimum atomic E-state index is -0.767. The molecule has 56 valence electrons. The molecule has 1 heteroatoms. The van der Waals surface area contributed by atoms with Crippen molar-refractivity contribution in [3.05, 3.63) is 0 Å². The van der Waals surface area contributed by atoms with Crippen LogP contribution in [-0.2, 0) is 0 Å². The van der Waals surface area contributed by atoms with Gasteiger partial charge in [-0.25, -0.2) is 0 Å². The summed E-state index contributed by atoms with van der Waals surface area (Å²) in [5.74, 6) is 2.48. The van der Waals surface area contributed by atoms with Crippen molar-refractivity contribution in [2.24, 2.45) is 0 Å². The molecule has 0 aromatic carbocycles. The van der Waals surface area contributed by atoms with Crippen molar-refractivity contribution in [3.63, 3.8) is 0 Å². The van der Waals surface area contributed by atoms with Gasteiger partial charge in [0.1, 0.15) is 5.60 Å². The van der Waals surface area contributed by atoms with Crippen molar-refractivity contribution in [1.29, 1.82) is 0 Å². The summed E-state index contributed by atoms with van der Waals surface area (Å²) in [7, 11) is 0. The number of hydrogen-bond acceptors (Lipinski definition) is 1. The molecule has 0 aliphatic heterocycles. The Kier molecular flexibility index (Phi) is 2.34. The second-order valence-corrected chi connectivity index (χ2v) is 3.09. The summed E-state index contributed by atoms with van der Waals surface area (Å²) in [6.45, 7) is 0. The van der Waals surface area contributed by atoms with E-state index in [2.05, 4.69) is 5.92 Å². The van der Waals surface area contributed by atoms with Gasteiger partial charge in [-0.15, -0.1) is 6.42 Å². The lowest BCUT2D eigenvalue weighted by Crippen LogP contribution is -2.24. The van der Waals surface area contributed by atoms with Crippen LogP contribution in [0.25, 0.3) is 0 Å². The van der Waals surface area contributed by atoms with E-state index in [0.29, 0.717) is 0 Å². The zero-order valence-electron chi connectivity index (χ0n) is 6.27. The molecule has 1 rings (SSSR count). The molecule has 1 aliphatic rings. The van der Waals surface area contributed by atoms with E-state index in [1.807, 2.05) is 0 Å². The van der Waals surface area contributed by atoms with E-state index >= 15 is 0 Å². The summed E-state index contributed by atoms with van der Waals surface area (Å²) in [6.07, 6.45) is 11.4. The number of rotatable bonds is 0. The molecule has 0 spiro atoms. The van der Waals surface area contributed by atoms with Gasteiger partial charge in [0.25, 0.3) is 0 Å². The van der Waals surface area contributed by atoms with E-state index in [9.17, 15) is 5.11 Å². The van der Waals surface area contributed by atoms with Crippen LogP contribution < -0.4 is 0 Å². The van der Waals surface area contributed by atoms with Gasteiger partial charge in [0.15, 0.2) is 0 Å². The number of hydrogen-bond donors (Lipinski definition) is 1. The Balaban J connectivity index is 2.51. The van der Waals surface area contributed by atoms with Crippen LogP contribution in [0.3, 0.4) is 0 Å². The summed E-state index contributed by atoms with van der Waals surface area (Å²) in [6, 6.07) is 0. The molecule has 10 heavy (non-hydrogen) atoms. The van der Waals surface area contributed by atoms with Crippen LogP contribution in [0.4, 0.5) is 0 Å². The van der Waals surface area contributed by atoms with Crippen LogP contribution in [0.1, 0.15) is 38.5 Å². The van der Waals surface area contributed by atoms with Gasteiger partial charge in [-0.3, -0.25) is 0 Å². The second-order valence-electron chi connectivity index (χ2n) is 3.09. The van der Waals surface area contributed by atoms with Gasteiger partial charge in [0.2, 0.25) is 0 Å². The first kappa shape index (κ1) is 7.63. The molecule has 0 bridgehead atoms. The van der Waals surface area contributed by atoms with Crippen molar-refractivity contribution in [2.75, 3.05) is 0 Å². The Morgan fingerprint density at radius 2 is 1.60 bits per heavy atom. The third-order valence-corrected chi connectivity index (χ3v) is 2.20. The van der Waals surface area contributed by atoms with Gasteiger partial charge in [-0.2, -0.15) is 0 Å². The monoisotopic (exact) mass is 138 g/mol. The predicted octanol–water partition coefficient (Wildman–Crippen LogP) is 1.70. The molecule has 0 heterocycles. The lowest BCUT2D eigenvalue weighted by atomic mass is 9.96. The van der Waals surface area contributed by atoms with E-state index < -0.39 is 5.60 Å². The highest BCUT2D eigenvalue weighted by molar-refractivity contribution is 5.07. The van der Waals surface area contributed by atoms with Crippen molar-refractivity contribution < 1.29 is 5.11 Å². The van der Waals surface area contributed by atoms with E-state index in [1.165, 1.54) is 12.8 Å². The van der Waals surface area contributed by atoms with E-state index in [1.54, 1.807) is 0 Å². The van der Waals surface area contributed by atoms with Gasteiger partial charge >= 0.3 is 0 Å². The molecule has 0 unspecified atom stereocenters. The zero-order chi connectivity index (χ0) is 7.45. The van der Waals surface area contributed by atoms with E-state index in [-0.39, 0.29) is 0 Å². The molecule has 0 saturated heterocycles. The molecule has 0 amide bonds. The van der Waals surface area contributed by atoms with Crippen molar-refractivity contribution >= 4 is 0 Å². The normalized spacial score (nSPS) is 24.8. The van der Waals surface area contributed by atoms with Crippen LogP contribution in [0.15, 0.2) is 0 Å². The Labute approximate surface area is 62.4 Å². The highest BCUT2D eigenvalue weighted by atomic mass is 16.3. The van der Waals surface area contributed by atoms with Crippen LogP contribution in [-0.4, -0.2) is 10.7 Å². The maximum Gasteiger partial charge on any atom is 0.125 e. The number of aliphatic hydroxyl groups is 1. The van der Waals surface area contributed by atoms with Gasteiger partial charge in [0, 0.05) is 0 Å². The maximum absolute atomic E-state index is 9.62. The topological polar surface area (TPSA) is 20.2 Å². The lowest BCUT2D eigenvalue weighted by molar-refractivity contribution is 0.0851. The molecule has 0 aromatic heterocycles. The molecule has 1 nitrogen and oxygen atoms in total.